The van der Waals surface area contributed by atoms with Crippen molar-refractivity contribution in [3.8, 4) is 0 Å². The number of nitrogens with two attached hydrogens (primary N) is 1. The van der Waals surface area contributed by atoms with E-state index in [0.717, 1.165) is 18.4 Å². The number of primary amides is 1. The van der Waals surface area contributed by atoms with Crippen LogP contribution in [0.15, 0.2) is 30.3 Å². The third-order valence-corrected chi connectivity index (χ3v) is 3.29. The number of rotatable bonds is 8. The van der Waals surface area contributed by atoms with Crippen LogP contribution in [0.1, 0.15) is 24.8 Å². The second-order valence-corrected chi connectivity index (χ2v) is 5.18. The van der Waals surface area contributed by atoms with Crippen LogP contribution in [0, 0.1) is 5.92 Å². The van der Waals surface area contributed by atoms with Crippen molar-refractivity contribution in [3.05, 3.63) is 35.9 Å². The summed E-state index contributed by atoms with van der Waals surface area (Å²) in [6.07, 6.45) is 2.87. The van der Waals surface area contributed by atoms with Crippen molar-refractivity contribution in [2.75, 3.05) is 6.61 Å². The number of carbonyl (C=O) groups is 2. The predicted octanol–water partition coefficient (Wildman–Crippen LogP) is 0.973. The Balaban J connectivity index is 1.69. The minimum absolute atomic E-state index is 0.0661. The van der Waals surface area contributed by atoms with Crippen LogP contribution >= 0.6 is 0 Å². The predicted molar refractivity (Wildman–Crippen MR) is 74.6 cm³/mol. The molecule has 1 fully saturated rings. The fourth-order valence-electron chi connectivity index (χ4n) is 2.00. The van der Waals surface area contributed by atoms with Gasteiger partial charge in [-0.15, -0.1) is 0 Å². The minimum Gasteiger partial charge on any atom is -0.368 e. The van der Waals surface area contributed by atoms with Crippen LogP contribution in [0.2, 0.25) is 0 Å². The Kier molecular flexibility index (Phi) is 5.12. The van der Waals surface area contributed by atoms with E-state index in [1.165, 1.54) is 0 Å². The van der Waals surface area contributed by atoms with Gasteiger partial charge in [-0.05, 0) is 17.9 Å². The summed E-state index contributed by atoms with van der Waals surface area (Å²) in [5, 5.41) is 2.64. The Labute approximate surface area is 118 Å². The lowest BCUT2D eigenvalue weighted by molar-refractivity contribution is -0.130. The summed E-state index contributed by atoms with van der Waals surface area (Å²) in [7, 11) is 0. The highest BCUT2D eigenvalue weighted by Gasteiger charge is 2.29. The number of hydrogen-bond acceptors (Lipinski definition) is 3. The minimum atomic E-state index is -0.574. The molecule has 5 heteroatoms. The van der Waals surface area contributed by atoms with E-state index in [9.17, 15) is 9.59 Å². The molecular formula is C15H20N2O3. The lowest BCUT2D eigenvalue weighted by Crippen LogP contribution is -2.46. The molecule has 0 radical (unpaired) electrons. The van der Waals surface area contributed by atoms with Gasteiger partial charge in [-0.25, -0.2) is 0 Å². The van der Waals surface area contributed by atoms with Crippen molar-refractivity contribution in [1.29, 1.82) is 0 Å². The highest BCUT2D eigenvalue weighted by Crippen LogP contribution is 2.33. The maximum Gasteiger partial charge on any atom is 0.246 e. The number of hydrogen-bond donors (Lipinski definition) is 2. The highest BCUT2D eigenvalue weighted by molar-refractivity contribution is 5.87. The quantitative estimate of drug-likeness (QED) is 0.742. The van der Waals surface area contributed by atoms with E-state index < -0.39 is 11.9 Å². The van der Waals surface area contributed by atoms with Gasteiger partial charge in [0.2, 0.25) is 11.8 Å². The van der Waals surface area contributed by atoms with Crippen molar-refractivity contribution in [1.82, 2.24) is 5.32 Å². The average molecular weight is 276 g/mol. The lowest BCUT2D eigenvalue weighted by atomic mass is 10.1. The lowest BCUT2D eigenvalue weighted by Gasteiger charge is -2.15. The van der Waals surface area contributed by atoms with Crippen LogP contribution in [-0.2, 0) is 20.9 Å². The SMILES string of the molecule is NC(=O)[C@H](CC1CC1)NC(=O)COCc1ccccc1. The molecule has 2 amide bonds. The van der Waals surface area contributed by atoms with Gasteiger partial charge in [0, 0.05) is 0 Å². The second kappa shape index (κ2) is 7.05. The normalized spacial score (nSPS) is 15.6. The molecule has 0 aliphatic heterocycles. The van der Waals surface area contributed by atoms with Crippen LogP contribution in [-0.4, -0.2) is 24.5 Å². The van der Waals surface area contributed by atoms with E-state index in [0.29, 0.717) is 18.9 Å². The zero-order valence-corrected chi connectivity index (χ0v) is 11.4. The molecular weight excluding hydrogens is 256 g/mol. The number of benzene rings is 1. The molecule has 3 N–H and O–H groups in total. The molecule has 0 unspecified atom stereocenters. The monoisotopic (exact) mass is 276 g/mol. The summed E-state index contributed by atoms with van der Waals surface area (Å²) < 4.78 is 5.32. The Morgan fingerprint density at radius 1 is 1.30 bits per heavy atom. The number of carbonyl (C=O) groups excluding carboxylic acids is 2. The second-order valence-electron chi connectivity index (χ2n) is 5.18. The average Bonchev–Trinajstić information content (AvgIpc) is 3.23. The summed E-state index contributed by atoms with van der Waals surface area (Å²) in [5.41, 5.74) is 6.29. The van der Waals surface area contributed by atoms with Gasteiger partial charge in [0.1, 0.15) is 12.6 Å². The van der Waals surface area contributed by atoms with Gasteiger partial charge >= 0.3 is 0 Å². The fraction of sp³-hybridized carbons (Fsp3) is 0.467. The van der Waals surface area contributed by atoms with Gasteiger partial charge < -0.3 is 15.8 Å². The zero-order valence-electron chi connectivity index (χ0n) is 11.4. The maximum atomic E-state index is 11.7. The van der Waals surface area contributed by atoms with Crippen molar-refractivity contribution in [2.24, 2.45) is 11.7 Å². The third kappa shape index (κ3) is 5.01. The van der Waals surface area contributed by atoms with Crippen molar-refractivity contribution in [2.45, 2.75) is 31.9 Å². The van der Waals surface area contributed by atoms with Crippen LogP contribution < -0.4 is 11.1 Å². The molecule has 1 aromatic carbocycles. The largest absolute Gasteiger partial charge is 0.368 e. The molecule has 1 aromatic rings. The topological polar surface area (TPSA) is 81.4 Å². The molecule has 108 valence electrons. The smallest absolute Gasteiger partial charge is 0.246 e. The Bertz CT molecular complexity index is 457. The Hall–Kier alpha value is -1.88. The zero-order chi connectivity index (χ0) is 14.4. The van der Waals surface area contributed by atoms with Crippen LogP contribution in [0.5, 0.6) is 0 Å². The molecule has 0 bridgehead atoms. The van der Waals surface area contributed by atoms with Gasteiger partial charge in [0.05, 0.1) is 6.61 Å². The maximum absolute atomic E-state index is 11.7. The molecule has 0 heterocycles. The molecule has 1 aliphatic carbocycles. The molecule has 1 atom stereocenters. The van der Waals surface area contributed by atoms with Crippen LogP contribution in [0.4, 0.5) is 0 Å². The summed E-state index contributed by atoms with van der Waals surface area (Å²) in [4.78, 5) is 23.0. The first-order valence-corrected chi connectivity index (χ1v) is 6.85. The van der Waals surface area contributed by atoms with E-state index in [-0.39, 0.29) is 12.5 Å². The van der Waals surface area contributed by atoms with Gasteiger partial charge in [0.25, 0.3) is 0 Å². The van der Waals surface area contributed by atoms with Gasteiger partial charge in [0.15, 0.2) is 0 Å². The van der Waals surface area contributed by atoms with Gasteiger partial charge in [-0.2, -0.15) is 0 Å². The molecule has 1 aliphatic rings. The standard InChI is InChI=1S/C15H20N2O3/c16-15(19)13(8-11-6-7-11)17-14(18)10-20-9-12-4-2-1-3-5-12/h1-5,11,13H,6-10H2,(H2,16,19)(H,17,18)/t13-/m0/s1. The molecule has 2 rings (SSSR count). The number of amides is 2. The first kappa shape index (κ1) is 14.5. The van der Waals surface area contributed by atoms with Gasteiger partial charge in [-0.1, -0.05) is 43.2 Å². The van der Waals surface area contributed by atoms with Crippen LogP contribution in [0.25, 0.3) is 0 Å². The molecule has 0 spiro atoms. The molecule has 20 heavy (non-hydrogen) atoms. The first-order valence-electron chi connectivity index (χ1n) is 6.85. The molecule has 0 saturated heterocycles. The summed E-state index contributed by atoms with van der Waals surface area (Å²) >= 11 is 0. The van der Waals surface area contributed by atoms with Crippen molar-refractivity contribution < 1.29 is 14.3 Å². The van der Waals surface area contributed by atoms with Crippen molar-refractivity contribution >= 4 is 11.8 Å². The van der Waals surface area contributed by atoms with Crippen molar-refractivity contribution in [3.63, 3.8) is 0 Å². The molecule has 5 nitrogen and oxygen atoms in total. The van der Waals surface area contributed by atoms with E-state index >= 15 is 0 Å². The van der Waals surface area contributed by atoms with E-state index in [1.807, 2.05) is 30.3 Å². The Morgan fingerprint density at radius 2 is 2.00 bits per heavy atom. The molecule has 1 saturated carbocycles. The molecule has 0 aromatic heterocycles. The van der Waals surface area contributed by atoms with E-state index in [2.05, 4.69) is 5.32 Å². The summed E-state index contributed by atoms with van der Waals surface area (Å²) in [6.45, 7) is 0.307. The van der Waals surface area contributed by atoms with E-state index in [1.54, 1.807) is 0 Å². The van der Waals surface area contributed by atoms with E-state index in [4.69, 9.17) is 10.5 Å². The van der Waals surface area contributed by atoms with Gasteiger partial charge in [-0.3, -0.25) is 9.59 Å². The Morgan fingerprint density at radius 3 is 2.60 bits per heavy atom. The van der Waals surface area contributed by atoms with Crippen LogP contribution in [0.3, 0.4) is 0 Å². The highest BCUT2D eigenvalue weighted by atomic mass is 16.5. The third-order valence-electron chi connectivity index (χ3n) is 3.29. The fourth-order valence-corrected chi connectivity index (χ4v) is 2.00. The first-order chi connectivity index (χ1) is 9.65. The summed E-state index contributed by atoms with van der Waals surface area (Å²) in [5.74, 6) is -0.253. The number of nitrogens with one attached hydrogen (secondary N) is 1. The number of ether oxygens (including phenoxy) is 1. The summed E-state index contributed by atoms with van der Waals surface area (Å²) in [6, 6.07) is 9.03.